The first-order chi connectivity index (χ1) is 11.2. The van der Waals surface area contributed by atoms with Crippen LogP contribution < -0.4 is 9.47 Å². The van der Waals surface area contributed by atoms with Gasteiger partial charge < -0.3 is 14.6 Å². The first kappa shape index (κ1) is 15.7. The zero-order chi connectivity index (χ0) is 16.2. The van der Waals surface area contributed by atoms with Gasteiger partial charge in [0, 0.05) is 16.8 Å². The largest absolute Gasteiger partial charge is 0.496 e. The van der Waals surface area contributed by atoms with Crippen LogP contribution in [-0.2, 0) is 0 Å². The molecule has 3 aromatic carbocycles. The van der Waals surface area contributed by atoms with Crippen LogP contribution in [0.15, 0.2) is 60.7 Å². The summed E-state index contributed by atoms with van der Waals surface area (Å²) in [6.45, 7) is 0.125. The summed E-state index contributed by atoms with van der Waals surface area (Å²) in [7, 11) is 1.61. The van der Waals surface area contributed by atoms with E-state index in [1.807, 2.05) is 54.6 Å². The topological polar surface area (TPSA) is 38.7 Å². The number of aliphatic hydroxyl groups is 1. The third-order valence-corrected chi connectivity index (χ3v) is 3.98. The lowest BCUT2D eigenvalue weighted by Crippen LogP contribution is -2.10. The van der Waals surface area contributed by atoms with Crippen molar-refractivity contribution in [3.8, 4) is 11.5 Å². The van der Waals surface area contributed by atoms with Crippen molar-refractivity contribution in [1.29, 1.82) is 0 Å². The van der Waals surface area contributed by atoms with Gasteiger partial charge >= 0.3 is 0 Å². The summed E-state index contributed by atoms with van der Waals surface area (Å²) in [5.74, 6) is 1.25. The average Bonchev–Trinajstić information content (AvgIpc) is 2.61. The molecule has 1 unspecified atom stereocenters. The Bertz CT molecular complexity index is 802. The van der Waals surface area contributed by atoms with Crippen molar-refractivity contribution >= 4 is 22.4 Å². The molecule has 0 aliphatic rings. The van der Waals surface area contributed by atoms with Gasteiger partial charge in [-0.25, -0.2) is 0 Å². The third kappa shape index (κ3) is 3.26. The maximum Gasteiger partial charge on any atom is 0.146 e. The van der Waals surface area contributed by atoms with E-state index in [1.54, 1.807) is 13.2 Å². The molecule has 0 radical (unpaired) electrons. The number of ether oxygens (including phenoxy) is 2. The van der Waals surface area contributed by atoms with Crippen molar-refractivity contribution in [2.24, 2.45) is 0 Å². The molecule has 0 aromatic heterocycles. The second kappa shape index (κ2) is 6.90. The third-order valence-electron chi connectivity index (χ3n) is 3.70. The lowest BCUT2D eigenvalue weighted by atomic mass is 10.1. The summed E-state index contributed by atoms with van der Waals surface area (Å²) < 4.78 is 11.2. The summed E-state index contributed by atoms with van der Waals surface area (Å²) in [6.07, 6.45) is -0.715. The van der Waals surface area contributed by atoms with Crippen LogP contribution in [0.2, 0.25) is 5.02 Å². The summed E-state index contributed by atoms with van der Waals surface area (Å²) in [4.78, 5) is 0. The molecule has 0 aliphatic heterocycles. The number of hydrogen-bond donors (Lipinski definition) is 1. The van der Waals surface area contributed by atoms with Gasteiger partial charge in [-0.15, -0.1) is 0 Å². The minimum atomic E-state index is -0.715. The highest BCUT2D eigenvalue weighted by Crippen LogP contribution is 2.39. The molecule has 0 fully saturated rings. The molecule has 3 aromatic rings. The fraction of sp³-hybridized carbons (Fsp3) is 0.158. The van der Waals surface area contributed by atoms with Crippen LogP contribution in [0.5, 0.6) is 11.5 Å². The Labute approximate surface area is 140 Å². The Hall–Kier alpha value is -2.23. The molecule has 0 heterocycles. The van der Waals surface area contributed by atoms with E-state index in [2.05, 4.69) is 0 Å². The Kier molecular flexibility index (Phi) is 4.70. The summed E-state index contributed by atoms with van der Waals surface area (Å²) in [6, 6.07) is 18.9. The average molecular weight is 329 g/mol. The van der Waals surface area contributed by atoms with Gasteiger partial charge in [-0.3, -0.25) is 0 Å². The molecule has 0 bridgehead atoms. The second-order valence-electron chi connectivity index (χ2n) is 5.17. The first-order valence-electron chi connectivity index (χ1n) is 7.31. The Morgan fingerprint density at radius 3 is 2.35 bits per heavy atom. The molecule has 0 aliphatic carbocycles. The van der Waals surface area contributed by atoms with Crippen molar-refractivity contribution in [2.45, 2.75) is 6.10 Å². The van der Waals surface area contributed by atoms with Crippen molar-refractivity contribution < 1.29 is 14.6 Å². The van der Waals surface area contributed by atoms with E-state index in [9.17, 15) is 5.11 Å². The molecule has 4 heteroatoms. The predicted molar refractivity (Wildman–Crippen MR) is 92.4 cm³/mol. The van der Waals surface area contributed by atoms with Gasteiger partial charge in [-0.1, -0.05) is 66.2 Å². The number of aliphatic hydroxyl groups excluding tert-OH is 1. The van der Waals surface area contributed by atoms with Crippen LogP contribution in [-0.4, -0.2) is 18.8 Å². The Morgan fingerprint density at radius 2 is 1.65 bits per heavy atom. The maximum absolute atomic E-state index is 10.3. The van der Waals surface area contributed by atoms with Crippen molar-refractivity contribution in [3.63, 3.8) is 0 Å². The SMILES string of the molecule is COc1cc(Cl)c(OCC(O)c2ccccc2)c2ccccc12. The number of fused-ring (bicyclic) bond motifs is 1. The van der Waals surface area contributed by atoms with E-state index < -0.39 is 6.10 Å². The van der Waals surface area contributed by atoms with Crippen LogP contribution in [0, 0.1) is 0 Å². The number of rotatable bonds is 5. The predicted octanol–water partition coefficient (Wildman–Crippen LogP) is 4.61. The maximum atomic E-state index is 10.3. The standard InChI is InChI=1S/C19H17ClO3/c1-22-18-11-16(20)19(15-10-6-5-9-14(15)18)23-12-17(21)13-7-3-2-4-8-13/h2-11,17,21H,12H2,1H3. The van der Waals surface area contributed by atoms with E-state index in [0.717, 1.165) is 16.3 Å². The number of methoxy groups -OCH3 is 1. The lowest BCUT2D eigenvalue weighted by molar-refractivity contribution is 0.109. The van der Waals surface area contributed by atoms with Crippen molar-refractivity contribution in [1.82, 2.24) is 0 Å². The molecule has 0 saturated carbocycles. The zero-order valence-corrected chi connectivity index (χ0v) is 13.5. The van der Waals surface area contributed by atoms with E-state index in [1.165, 1.54) is 0 Å². The van der Waals surface area contributed by atoms with E-state index >= 15 is 0 Å². The molecule has 0 spiro atoms. The molecule has 1 N–H and O–H groups in total. The van der Waals surface area contributed by atoms with E-state index in [0.29, 0.717) is 16.5 Å². The van der Waals surface area contributed by atoms with Gasteiger partial charge in [-0.05, 0) is 5.56 Å². The Balaban J connectivity index is 1.90. The van der Waals surface area contributed by atoms with E-state index in [4.69, 9.17) is 21.1 Å². The molecule has 3 rings (SSSR count). The zero-order valence-electron chi connectivity index (χ0n) is 12.7. The van der Waals surface area contributed by atoms with Gasteiger partial charge in [0.2, 0.25) is 0 Å². The number of hydrogen-bond acceptors (Lipinski definition) is 3. The highest BCUT2D eigenvalue weighted by atomic mass is 35.5. The van der Waals surface area contributed by atoms with Gasteiger partial charge in [0.25, 0.3) is 0 Å². The second-order valence-corrected chi connectivity index (χ2v) is 5.58. The highest BCUT2D eigenvalue weighted by Gasteiger charge is 2.15. The van der Waals surface area contributed by atoms with Crippen molar-refractivity contribution in [2.75, 3.05) is 13.7 Å². The lowest BCUT2D eigenvalue weighted by Gasteiger charge is -2.16. The quantitative estimate of drug-likeness (QED) is 0.743. The molecular formula is C19H17ClO3. The fourth-order valence-electron chi connectivity index (χ4n) is 2.53. The summed E-state index contributed by atoms with van der Waals surface area (Å²) >= 11 is 6.33. The minimum Gasteiger partial charge on any atom is -0.496 e. The van der Waals surface area contributed by atoms with Gasteiger partial charge in [0.15, 0.2) is 0 Å². The van der Waals surface area contributed by atoms with Gasteiger partial charge in [0.05, 0.1) is 12.1 Å². The normalized spacial score (nSPS) is 12.1. The van der Waals surface area contributed by atoms with Gasteiger partial charge in [0.1, 0.15) is 24.2 Å². The smallest absolute Gasteiger partial charge is 0.146 e. The number of halogens is 1. The molecule has 0 amide bonds. The van der Waals surface area contributed by atoms with Crippen LogP contribution in [0.4, 0.5) is 0 Å². The number of benzene rings is 3. The summed E-state index contributed by atoms with van der Waals surface area (Å²) in [5.41, 5.74) is 0.807. The molecule has 3 nitrogen and oxygen atoms in total. The summed E-state index contributed by atoms with van der Waals surface area (Å²) in [5, 5.41) is 12.5. The van der Waals surface area contributed by atoms with Crippen LogP contribution in [0.25, 0.3) is 10.8 Å². The molecule has 118 valence electrons. The molecular weight excluding hydrogens is 312 g/mol. The van der Waals surface area contributed by atoms with Crippen LogP contribution in [0.1, 0.15) is 11.7 Å². The Morgan fingerprint density at radius 1 is 1.00 bits per heavy atom. The fourth-order valence-corrected chi connectivity index (χ4v) is 2.79. The monoisotopic (exact) mass is 328 g/mol. The highest BCUT2D eigenvalue weighted by molar-refractivity contribution is 6.33. The van der Waals surface area contributed by atoms with Crippen molar-refractivity contribution in [3.05, 3.63) is 71.2 Å². The van der Waals surface area contributed by atoms with Crippen LogP contribution >= 0.6 is 11.6 Å². The first-order valence-corrected chi connectivity index (χ1v) is 7.69. The van der Waals surface area contributed by atoms with Gasteiger partial charge in [-0.2, -0.15) is 0 Å². The molecule has 23 heavy (non-hydrogen) atoms. The molecule has 1 atom stereocenters. The van der Waals surface area contributed by atoms with E-state index in [-0.39, 0.29) is 6.61 Å². The van der Waals surface area contributed by atoms with Crippen LogP contribution in [0.3, 0.4) is 0 Å². The minimum absolute atomic E-state index is 0.125. The molecule has 0 saturated heterocycles.